The van der Waals surface area contributed by atoms with E-state index in [2.05, 4.69) is 120 Å². The van der Waals surface area contributed by atoms with Crippen LogP contribution in [0.5, 0.6) is 0 Å². The largest absolute Gasteiger partial charge is 0.456 e. The molecular formula is C36H21NO2. The molecule has 0 bridgehead atoms. The fourth-order valence-electron chi connectivity index (χ4n) is 6.26. The molecule has 9 rings (SSSR count). The van der Waals surface area contributed by atoms with E-state index in [0.717, 1.165) is 60.7 Å². The van der Waals surface area contributed by atoms with E-state index >= 15 is 0 Å². The van der Waals surface area contributed by atoms with Gasteiger partial charge in [-0.1, -0.05) is 72.8 Å². The minimum absolute atomic E-state index is 0.886. The van der Waals surface area contributed by atoms with Gasteiger partial charge >= 0.3 is 0 Å². The Labute approximate surface area is 223 Å². The molecule has 0 fully saturated rings. The van der Waals surface area contributed by atoms with Crippen molar-refractivity contribution in [1.29, 1.82) is 0 Å². The van der Waals surface area contributed by atoms with Crippen LogP contribution in [-0.4, -0.2) is 4.57 Å². The second-order valence-corrected chi connectivity index (χ2v) is 10.1. The van der Waals surface area contributed by atoms with Gasteiger partial charge in [0.1, 0.15) is 22.3 Å². The molecule has 9 aromatic rings. The van der Waals surface area contributed by atoms with Crippen LogP contribution in [0.3, 0.4) is 0 Å². The summed E-state index contributed by atoms with van der Waals surface area (Å²) >= 11 is 0. The third-order valence-corrected chi connectivity index (χ3v) is 8.00. The smallest absolute Gasteiger partial charge is 0.137 e. The first kappa shape index (κ1) is 20.7. The van der Waals surface area contributed by atoms with Gasteiger partial charge < -0.3 is 13.4 Å². The summed E-state index contributed by atoms with van der Waals surface area (Å²) < 4.78 is 14.8. The van der Waals surface area contributed by atoms with Gasteiger partial charge in [0.2, 0.25) is 0 Å². The van der Waals surface area contributed by atoms with Gasteiger partial charge in [0.25, 0.3) is 0 Å². The number of rotatable bonds is 2. The van der Waals surface area contributed by atoms with Crippen molar-refractivity contribution in [3.63, 3.8) is 0 Å². The third-order valence-electron chi connectivity index (χ3n) is 8.00. The zero-order chi connectivity index (χ0) is 25.5. The van der Waals surface area contributed by atoms with Crippen molar-refractivity contribution < 1.29 is 8.83 Å². The van der Waals surface area contributed by atoms with E-state index in [1.807, 2.05) is 12.1 Å². The van der Waals surface area contributed by atoms with Crippen molar-refractivity contribution in [3.8, 4) is 16.8 Å². The van der Waals surface area contributed by atoms with E-state index in [1.165, 1.54) is 21.8 Å². The van der Waals surface area contributed by atoms with Crippen LogP contribution in [0.1, 0.15) is 0 Å². The van der Waals surface area contributed by atoms with Gasteiger partial charge in [0.15, 0.2) is 0 Å². The van der Waals surface area contributed by atoms with E-state index in [-0.39, 0.29) is 0 Å². The SMILES string of the molecule is c1ccc2c(c1)oc1ccc(-c3ccc4oc5cccc(-n6c7ccccc7c7ccccc76)c5c4c3)cc12. The van der Waals surface area contributed by atoms with Crippen molar-refractivity contribution in [2.75, 3.05) is 0 Å². The Morgan fingerprint density at radius 1 is 0.385 bits per heavy atom. The zero-order valence-corrected chi connectivity index (χ0v) is 20.9. The minimum atomic E-state index is 0.886. The van der Waals surface area contributed by atoms with Crippen LogP contribution >= 0.6 is 0 Å². The van der Waals surface area contributed by atoms with Gasteiger partial charge in [0, 0.05) is 26.9 Å². The maximum atomic E-state index is 6.39. The molecule has 0 amide bonds. The molecule has 0 aliphatic rings. The maximum absolute atomic E-state index is 6.39. The summed E-state index contributed by atoms with van der Waals surface area (Å²) in [6.07, 6.45) is 0. The molecule has 0 radical (unpaired) electrons. The van der Waals surface area contributed by atoms with E-state index < -0.39 is 0 Å². The quantitative estimate of drug-likeness (QED) is 0.237. The Morgan fingerprint density at radius 2 is 0.923 bits per heavy atom. The molecule has 3 heterocycles. The Kier molecular flexibility index (Phi) is 4.05. The van der Waals surface area contributed by atoms with Crippen LogP contribution < -0.4 is 0 Å². The predicted molar refractivity (Wildman–Crippen MR) is 161 cm³/mol. The lowest BCUT2D eigenvalue weighted by Crippen LogP contribution is -1.94. The molecule has 3 heteroatoms. The molecule has 0 saturated heterocycles. The first-order valence-electron chi connectivity index (χ1n) is 13.2. The lowest BCUT2D eigenvalue weighted by Gasteiger charge is -2.10. The van der Waals surface area contributed by atoms with Crippen LogP contribution in [0, 0.1) is 0 Å². The number of aromatic nitrogens is 1. The van der Waals surface area contributed by atoms with Crippen LogP contribution in [0.15, 0.2) is 136 Å². The molecule has 0 unspecified atom stereocenters. The molecule has 3 nitrogen and oxygen atoms in total. The average Bonchev–Trinajstić information content (AvgIpc) is 3.66. The van der Waals surface area contributed by atoms with Crippen LogP contribution in [-0.2, 0) is 0 Å². The molecule has 0 atom stereocenters. The van der Waals surface area contributed by atoms with Gasteiger partial charge in [0.05, 0.1) is 22.1 Å². The average molecular weight is 500 g/mol. The lowest BCUT2D eigenvalue weighted by molar-refractivity contribution is 0.668. The summed E-state index contributed by atoms with van der Waals surface area (Å²) in [6, 6.07) is 44.8. The van der Waals surface area contributed by atoms with E-state index in [4.69, 9.17) is 8.83 Å². The molecule has 0 spiro atoms. The lowest BCUT2D eigenvalue weighted by atomic mass is 10.0. The molecule has 6 aromatic carbocycles. The Balaban J connectivity index is 1.33. The molecule has 0 aliphatic carbocycles. The predicted octanol–water partition coefficient (Wildman–Crippen LogP) is 10.2. The highest BCUT2D eigenvalue weighted by atomic mass is 16.3. The monoisotopic (exact) mass is 499 g/mol. The van der Waals surface area contributed by atoms with E-state index in [9.17, 15) is 0 Å². The highest BCUT2D eigenvalue weighted by Crippen LogP contribution is 2.40. The summed E-state index contributed by atoms with van der Waals surface area (Å²) in [6.45, 7) is 0. The Bertz CT molecular complexity index is 2350. The number of para-hydroxylation sites is 3. The third kappa shape index (κ3) is 2.87. The highest BCUT2D eigenvalue weighted by molar-refractivity contribution is 6.15. The summed E-state index contributed by atoms with van der Waals surface area (Å²) in [5.74, 6) is 0. The second-order valence-electron chi connectivity index (χ2n) is 10.1. The maximum Gasteiger partial charge on any atom is 0.137 e. The highest BCUT2D eigenvalue weighted by Gasteiger charge is 2.18. The fraction of sp³-hybridized carbons (Fsp3) is 0. The van der Waals surface area contributed by atoms with Gasteiger partial charge in [-0.3, -0.25) is 0 Å². The molecule has 0 aliphatic heterocycles. The number of benzene rings is 6. The molecule has 0 N–H and O–H groups in total. The molecule has 182 valence electrons. The zero-order valence-electron chi connectivity index (χ0n) is 20.9. The number of furan rings is 2. The van der Waals surface area contributed by atoms with Gasteiger partial charge in [-0.15, -0.1) is 0 Å². The number of hydrogen-bond acceptors (Lipinski definition) is 2. The summed E-state index contributed by atoms with van der Waals surface area (Å²) in [5.41, 5.74) is 9.39. The van der Waals surface area contributed by atoms with E-state index in [0.29, 0.717) is 0 Å². The van der Waals surface area contributed by atoms with Crippen molar-refractivity contribution in [1.82, 2.24) is 4.57 Å². The molecule has 3 aromatic heterocycles. The van der Waals surface area contributed by atoms with Crippen molar-refractivity contribution in [2.45, 2.75) is 0 Å². The van der Waals surface area contributed by atoms with Gasteiger partial charge in [-0.25, -0.2) is 0 Å². The minimum Gasteiger partial charge on any atom is -0.456 e. The Hall–Kier alpha value is -5.28. The number of hydrogen-bond donors (Lipinski definition) is 0. The van der Waals surface area contributed by atoms with Gasteiger partial charge in [-0.05, 0) is 65.7 Å². The van der Waals surface area contributed by atoms with Crippen molar-refractivity contribution >= 4 is 65.7 Å². The van der Waals surface area contributed by atoms with Crippen molar-refractivity contribution in [2.24, 2.45) is 0 Å². The van der Waals surface area contributed by atoms with Crippen LogP contribution in [0.2, 0.25) is 0 Å². The standard InChI is InChI=1S/C36H21NO2/c1-4-11-29-24(8-1)25-9-2-5-12-30(25)37(29)31-13-7-15-35-36(31)28-21-23(17-19-34(28)39-35)22-16-18-33-27(20-22)26-10-3-6-14-32(26)38-33/h1-21H. The topological polar surface area (TPSA) is 31.2 Å². The Morgan fingerprint density at radius 3 is 1.67 bits per heavy atom. The first-order chi connectivity index (χ1) is 19.3. The second kappa shape index (κ2) is 7.62. The fourth-order valence-corrected chi connectivity index (χ4v) is 6.26. The van der Waals surface area contributed by atoms with E-state index in [1.54, 1.807) is 0 Å². The van der Waals surface area contributed by atoms with Gasteiger partial charge in [-0.2, -0.15) is 0 Å². The van der Waals surface area contributed by atoms with Crippen LogP contribution in [0.4, 0.5) is 0 Å². The van der Waals surface area contributed by atoms with Crippen LogP contribution in [0.25, 0.3) is 82.5 Å². The number of fused-ring (bicyclic) bond motifs is 9. The normalized spacial score (nSPS) is 12.1. The first-order valence-corrected chi connectivity index (χ1v) is 13.2. The summed E-state index contributed by atoms with van der Waals surface area (Å²) in [5, 5.41) is 7.00. The summed E-state index contributed by atoms with van der Waals surface area (Å²) in [7, 11) is 0. The van der Waals surface area contributed by atoms with Crippen molar-refractivity contribution in [3.05, 3.63) is 127 Å². The molecule has 0 saturated carbocycles. The molecule has 39 heavy (non-hydrogen) atoms. The summed E-state index contributed by atoms with van der Waals surface area (Å²) in [4.78, 5) is 0. The number of nitrogens with zero attached hydrogens (tertiary/aromatic N) is 1. The molecular weight excluding hydrogens is 478 g/mol.